The fourth-order valence-electron chi connectivity index (χ4n) is 4.04. The summed E-state index contributed by atoms with van der Waals surface area (Å²) >= 11 is 0. The van der Waals surface area contributed by atoms with Crippen LogP contribution in [0.15, 0.2) is 83.0 Å². The Morgan fingerprint density at radius 1 is 0.500 bits per heavy atom. The molecule has 0 spiro atoms. The molecule has 0 nitrogen and oxygen atoms in total. The summed E-state index contributed by atoms with van der Waals surface area (Å²) in [4.78, 5) is 0. The van der Waals surface area contributed by atoms with Crippen molar-refractivity contribution in [2.75, 3.05) is 0 Å². The SMILES string of the molecule is C(=C1/CCC/C1=C1/CCC/C1=C\c1ccccc1)/c1ccccc1. The molecule has 2 aromatic carbocycles. The van der Waals surface area contributed by atoms with Crippen molar-refractivity contribution in [3.8, 4) is 0 Å². The maximum Gasteiger partial charge on any atom is -0.0254 e. The summed E-state index contributed by atoms with van der Waals surface area (Å²) in [6.45, 7) is 0. The van der Waals surface area contributed by atoms with Crippen LogP contribution in [0.2, 0.25) is 0 Å². The number of benzene rings is 2. The van der Waals surface area contributed by atoms with Crippen LogP contribution >= 0.6 is 0 Å². The van der Waals surface area contributed by atoms with Gasteiger partial charge in [-0.05, 0) is 71.9 Å². The molecule has 0 bridgehead atoms. The molecule has 0 amide bonds. The van der Waals surface area contributed by atoms with E-state index in [0.717, 1.165) is 0 Å². The fraction of sp³-hybridized carbons (Fsp3) is 0.250. The molecule has 4 rings (SSSR count). The van der Waals surface area contributed by atoms with Gasteiger partial charge >= 0.3 is 0 Å². The van der Waals surface area contributed by atoms with Crippen LogP contribution in [0.25, 0.3) is 12.2 Å². The predicted molar refractivity (Wildman–Crippen MR) is 104 cm³/mol. The predicted octanol–water partition coefficient (Wildman–Crippen LogP) is 6.82. The Morgan fingerprint density at radius 2 is 0.917 bits per heavy atom. The Bertz CT molecular complexity index is 719. The lowest BCUT2D eigenvalue weighted by Crippen LogP contribution is -1.89. The van der Waals surface area contributed by atoms with Crippen molar-refractivity contribution in [1.82, 2.24) is 0 Å². The number of allylic oxidation sites excluding steroid dienone is 4. The monoisotopic (exact) mass is 312 g/mol. The van der Waals surface area contributed by atoms with Gasteiger partial charge in [-0.1, -0.05) is 72.8 Å². The van der Waals surface area contributed by atoms with Crippen LogP contribution in [0.3, 0.4) is 0 Å². The van der Waals surface area contributed by atoms with Gasteiger partial charge in [0.05, 0.1) is 0 Å². The summed E-state index contributed by atoms with van der Waals surface area (Å²) in [7, 11) is 0. The molecule has 2 aliphatic carbocycles. The molecule has 0 heteroatoms. The number of hydrogen-bond acceptors (Lipinski definition) is 0. The third-order valence-corrected chi connectivity index (χ3v) is 5.17. The first-order valence-corrected chi connectivity index (χ1v) is 9.14. The quantitative estimate of drug-likeness (QED) is 0.571. The maximum absolute atomic E-state index is 2.41. The van der Waals surface area contributed by atoms with E-state index in [4.69, 9.17) is 0 Å². The smallest absolute Gasteiger partial charge is 0.0254 e. The van der Waals surface area contributed by atoms with Gasteiger partial charge in [-0.25, -0.2) is 0 Å². The first kappa shape index (κ1) is 15.2. The maximum atomic E-state index is 2.41. The molecule has 0 atom stereocenters. The molecule has 0 N–H and O–H groups in total. The van der Waals surface area contributed by atoms with Crippen LogP contribution in [-0.4, -0.2) is 0 Å². The van der Waals surface area contributed by atoms with Crippen LogP contribution in [-0.2, 0) is 0 Å². The van der Waals surface area contributed by atoms with Crippen LogP contribution in [0.4, 0.5) is 0 Å². The summed E-state index contributed by atoms with van der Waals surface area (Å²) < 4.78 is 0. The summed E-state index contributed by atoms with van der Waals surface area (Å²) in [5.41, 5.74) is 9.07. The second kappa shape index (κ2) is 7.05. The third kappa shape index (κ3) is 3.28. The normalized spacial score (nSPS) is 24.2. The molecule has 24 heavy (non-hydrogen) atoms. The molecule has 0 aliphatic heterocycles. The fourth-order valence-corrected chi connectivity index (χ4v) is 4.04. The zero-order valence-electron chi connectivity index (χ0n) is 14.2. The Labute approximate surface area is 145 Å². The average molecular weight is 312 g/mol. The lowest BCUT2D eigenvalue weighted by Gasteiger charge is -2.10. The van der Waals surface area contributed by atoms with Gasteiger partial charge in [-0.15, -0.1) is 0 Å². The van der Waals surface area contributed by atoms with Gasteiger partial charge < -0.3 is 0 Å². The highest BCUT2D eigenvalue weighted by molar-refractivity contribution is 5.66. The van der Waals surface area contributed by atoms with Crippen molar-refractivity contribution < 1.29 is 0 Å². The molecule has 2 saturated carbocycles. The van der Waals surface area contributed by atoms with Gasteiger partial charge in [-0.2, -0.15) is 0 Å². The number of rotatable bonds is 2. The Balaban J connectivity index is 1.71. The molecular weight excluding hydrogens is 288 g/mol. The topological polar surface area (TPSA) is 0 Å². The second-order valence-corrected chi connectivity index (χ2v) is 6.82. The summed E-state index contributed by atoms with van der Waals surface area (Å²) in [6, 6.07) is 21.5. The van der Waals surface area contributed by atoms with Crippen LogP contribution in [0, 0.1) is 0 Å². The first-order valence-electron chi connectivity index (χ1n) is 9.14. The van der Waals surface area contributed by atoms with Gasteiger partial charge in [-0.3, -0.25) is 0 Å². The molecule has 2 aliphatic rings. The van der Waals surface area contributed by atoms with Gasteiger partial charge in [0.2, 0.25) is 0 Å². The van der Waals surface area contributed by atoms with Gasteiger partial charge in [0.1, 0.15) is 0 Å². The van der Waals surface area contributed by atoms with Crippen molar-refractivity contribution in [2.24, 2.45) is 0 Å². The van der Waals surface area contributed by atoms with Crippen LogP contribution in [0.1, 0.15) is 49.7 Å². The van der Waals surface area contributed by atoms with Crippen molar-refractivity contribution in [1.29, 1.82) is 0 Å². The Hall–Kier alpha value is -2.34. The van der Waals surface area contributed by atoms with E-state index >= 15 is 0 Å². The summed E-state index contributed by atoms with van der Waals surface area (Å²) in [5, 5.41) is 0. The zero-order chi connectivity index (χ0) is 16.2. The first-order chi connectivity index (χ1) is 11.9. The largest absolute Gasteiger partial charge is 0.0622 e. The summed E-state index contributed by atoms with van der Waals surface area (Å²) in [6.07, 6.45) is 12.4. The molecule has 0 unspecified atom stereocenters. The lowest BCUT2D eigenvalue weighted by atomic mass is 9.96. The zero-order valence-corrected chi connectivity index (χ0v) is 14.2. The standard InChI is InChI=1S/C24H24/c1-3-9-19(10-4-1)17-21-13-7-15-23(21)24-16-8-14-22(24)18-20-11-5-2-6-12-20/h1-6,9-12,17-18H,7-8,13-16H2/b21-17+,22-18+,24-23+. The van der Waals surface area contributed by atoms with Gasteiger partial charge in [0.15, 0.2) is 0 Å². The van der Waals surface area contributed by atoms with Crippen LogP contribution in [0.5, 0.6) is 0 Å². The molecular formula is C24H24. The van der Waals surface area contributed by atoms with Crippen molar-refractivity contribution in [3.63, 3.8) is 0 Å². The Morgan fingerprint density at radius 3 is 1.33 bits per heavy atom. The van der Waals surface area contributed by atoms with E-state index < -0.39 is 0 Å². The highest BCUT2D eigenvalue weighted by atomic mass is 14.3. The molecule has 0 radical (unpaired) electrons. The van der Waals surface area contributed by atoms with Crippen molar-refractivity contribution in [3.05, 3.63) is 94.1 Å². The molecule has 120 valence electrons. The highest BCUT2D eigenvalue weighted by Gasteiger charge is 2.23. The van der Waals surface area contributed by atoms with E-state index in [0.29, 0.717) is 0 Å². The van der Waals surface area contributed by atoms with Gasteiger partial charge in [0, 0.05) is 0 Å². The molecule has 0 heterocycles. The minimum Gasteiger partial charge on any atom is -0.0622 e. The molecule has 0 aromatic heterocycles. The highest BCUT2D eigenvalue weighted by Crippen LogP contribution is 2.42. The van der Waals surface area contributed by atoms with Gasteiger partial charge in [0.25, 0.3) is 0 Å². The minimum absolute atomic E-state index is 1.23. The Kier molecular flexibility index (Phi) is 4.46. The second-order valence-electron chi connectivity index (χ2n) is 6.82. The molecule has 2 fully saturated rings. The van der Waals surface area contributed by atoms with E-state index in [9.17, 15) is 0 Å². The molecule has 0 saturated heterocycles. The lowest BCUT2D eigenvalue weighted by molar-refractivity contribution is 0.915. The van der Waals surface area contributed by atoms with E-state index in [2.05, 4.69) is 72.8 Å². The van der Waals surface area contributed by atoms with Crippen molar-refractivity contribution >= 4 is 12.2 Å². The molecule has 2 aromatic rings. The van der Waals surface area contributed by atoms with E-state index in [1.165, 1.54) is 49.7 Å². The number of hydrogen-bond donors (Lipinski definition) is 0. The van der Waals surface area contributed by atoms with E-state index in [-0.39, 0.29) is 0 Å². The minimum atomic E-state index is 1.23. The third-order valence-electron chi connectivity index (χ3n) is 5.17. The summed E-state index contributed by atoms with van der Waals surface area (Å²) in [5.74, 6) is 0. The van der Waals surface area contributed by atoms with E-state index in [1.807, 2.05) is 0 Å². The van der Waals surface area contributed by atoms with Crippen molar-refractivity contribution in [2.45, 2.75) is 38.5 Å². The average Bonchev–Trinajstić information content (AvgIpc) is 3.26. The van der Waals surface area contributed by atoms with Crippen LogP contribution < -0.4 is 0 Å². The van der Waals surface area contributed by atoms with E-state index in [1.54, 1.807) is 22.3 Å².